The van der Waals surface area contributed by atoms with Gasteiger partial charge in [-0.25, -0.2) is 18.0 Å². The number of amides is 1. The van der Waals surface area contributed by atoms with Crippen molar-refractivity contribution in [3.05, 3.63) is 0 Å². The molecule has 104 valence electrons. The van der Waals surface area contributed by atoms with Crippen molar-refractivity contribution >= 4 is 39.9 Å². The lowest BCUT2D eigenvalue weighted by atomic mass is 10.3. The summed E-state index contributed by atoms with van der Waals surface area (Å²) < 4.78 is 21.3. The zero-order chi connectivity index (χ0) is 14.2. The molecule has 18 heavy (non-hydrogen) atoms. The van der Waals surface area contributed by atoms with E-state index in [1.165, 1.54) is 24.9 Å². The molecule has 1 amide bonds. The maximum atomic E-state index is 10.7. The van der Waals surface area contributed by atoms with Crippen molar-refractivity contribution in [2.75, 3.05) is 17.8 Å². The van der Waals surface area contributed by atoms with Crippen LogP contribution in [0, 0.1) is 0 Å². The predicted octanol–water partition coefficient (Wildman–Crippen LogP) is -1.16. The average molecular weight is 297 g/mol. The number of aliphatic carboxylic acids is 1. The van der Waals surface area contributed by atoms with Gasteiger partial charge in [0.1, 0.15) is 6.04 Å². The molecule has 0 unspecified atom stereocenters. The van der Waals surface area contributed by atoms with Crippen molar-refractivity contribution < 1.29 is 23.1 Å². The maximum Gasteiger partial charge on any atom is 0.327 e. The van der Waals surface area contributed by atoms with Crippen molar-refractivity contribution in [1.29, 1.82) is 0 Å². The van der Waals surface area contributed by atoms with Gasteiger partial charge in [-0.1, -0.05) is 0 Å². The second-order valence-electron chi connectivity index (χ2n) is 3.30. The Morgan fingerprint density at radius 3 is 2.56 bits per heavy atom. The molecule has 0 aromatic carbocycles. The summed E-state index contributed by atoms with van der Waals surface area (Å²) in [5, 5.41) is 14.5. The van der Waals surface area contributed by atoms with Crippen LogP contribution in [0.3, 0.4) is 0 Å². The van der Waals surface area contributed by atoms with E-state index in [-0.39, 0.29) is 5.75 Å². The summed E-state index contributed by atoms with van der Waals surface area (Å²) in [5.41, 5.74) is 0. The van der Waals surface area contributed by atoms with E-state index in [1.54, 1.807) is 0 Å². The Hall–Kier alpha value is -1.29. The molecular formula is C8H15N3O5S2. The summed E-state index contributed by atoms with van der Waals surface area (Å²) >= 11 is 1.20. The van der Waals surface area contributed by atoms with Gasteiger partial charge in [-0.2, -0.15) is 16.9 Å². The number of carbonyl (C=O) groups is 2. The fourth-order valence-electron chi connectivity index (χ4n) is 0.829. The van der Waals surface area contributed by atoms with Crippen LogP contribution in [-0.2, 0) is 19.6 Å². The number of hydrogen-bond donors (Lipinski definition) is 3. The molecule has 10 heteroatoms. The normalized spacial score (nSPS) is 13.2. The highest BCUT2D eigenvalue weighted by Crippen LogP contribution is 2.01. The minimum absolute atomic E-state index is 0.166. The van der Waals surface area contributed by atoms with Gasteiger partial charge in [-0.05, 0) is 0 Å². The predicted molar refractivity (Wildman–Crippen MR) is 69.0 cm³/mol. The van der Waals surface area contributed by atoms with Crippen molar-refractivity contribution in [1.82, 2.24) is 10.1 Å². The minimum Gasteiger partial charge on any atom is -0.480 e. The smallest absolute Gasteiger partial charge is 0.327 e. The van der Waals surface area contributed by atoms with E-state index in [2.05, 4.69) is 10.4 Å². The molecule has 1 atom stereocenters. The number of hydrazone groups is 1. The summed E-state index contributed by atoms with van der Waals surface area (Å²) in [6, 6.07) is -0.969. The molecule has 0 aliphatic heterocycles. The van der Waals surface area contributed by atoms with Gasteiger partial charge >= 0.3 is 5.97 Å². The highest BCUT2D eigenvalue weighted by atomic mass is 32.2. The summed E-state index contributed by atoms with van der Waals surface area (Å²) in [7, 11) is -3.37. The quantitative estimate of drug-likeness (QED) is 0.295. The maximum absolute atomic E-state index is 10.7. The van der Waals surface area contributed by atoms with Crippen LogP contribution in [-0.4, -0.2) is 55.4 Å². The lowest BCUT2D eigenvalue weighted by Crippen LogP contribution is -2.41. The molecule has 0 fully saturated rings. The Morgan fingerprint density at radius 2 is 2.11 bits per heavy atom. The molecule has 0 bridgehead atoms. The summed E-state index contributed by atoms with van der Waals surface area (Å²) in [6.07, 6.45) is 2.27. The van der Waals surface area contributed by atoms with Crippen molar-refractivity contribution in [3.63, 3.8) is 0 Å². The number of carboxylic acid groups (broad SMARTS) is 1. The van der Waals surface area contributed by atoms with Gasteiger partial charge in [0.25, 0.3) is 0 Å². The van der Waals surface area contributed by atoms with Gasteiger partial charge in [-0.3, -0.25) is 4.79 Å². The molecule has 8 nitrogen and oxygen atoms in total. The molecule has 0 heterocycles. The van der Waals surface area contributed by atoms with Crippen LogP contribution in [0.2, 0.25) is 0 Å². The van der Waals surface area contributed by atoms with Crippen molar-refractivity contribution in [3.8, 4) is 0 Å². The Bertz CT molecular complexity index is 420. The van der Waals surface area contributed by atoms with Gasteiger partial charge in [0.05, 0.1) is 6.26 Å². The Morgan fingerprint density at radius 1 is 1.50 bits per heavy atom. The third-order valence-corrected chi connectivity index (χ3v) is 2.85. The molecule has 0 saturated carbocycles. The molecule has 0 saturated heterocycles. The molecule has 0 aromatic rings. The molecule has 0 rings (SSSR count). The van der Waals surface area contributed by atoms with Crippen LogP contribution in [0.1, 0.15) is 6.92 Å². The van der Waals surface area contributed by atoms with Crippen LogP contribution in [0.25, 0.3) is 0 Å². The van der Waals surface area contributed by atoms with Crippen LogP contribution >= 0.6 is 11.8 Å². The van der Waals surface area contributed by atoms with Gasteiger partial charge < -0.3 is 10.4 Å². The standard InChI is InChI=1S/C8H15N3O5S2/c1-6(12)10-7(8(13)14)5-17-4-3-9-11-18(2,15)16/h3,7,11H,4-5H2,1-2H3,(H,10,12)(H,13,14)/b9-3+/t7-/m0/s1. The first-order valence-corrected chi connectivity index (χ1v) is 7.83. The second kappa shape index (κ2) is 7.93. The lowest BCUT2D eigenvalue weighted by molar-refractivity contribution is -0.140. The zero-order valence-corrected chi connectivity index (χ0v) is 11.5. The minimum atomic E-state index is -3.37. The van der Waals surface area contributed by atoms with Gasteiger partial charge in [0.2, 0.25) is 15.9 Å². The van der Waals surface area contributed by atoms with E-state index < -0.39 is 27.9 Å². The molecular weight excluding hydrogens is 282 g/mol. The highest BCUT2D eigenvalue weighted by Gasteiger charge is 2.17. The number of rotatable bonds is 8. The molecule has 0 radical (unpaired) electrons. The zero-order valence-electron chi connectivity index (χ0n) is 9.91. The molecule has 0 aliphatic rings. The number of nitrogens with one attached hydrogen (secondary N) is 2. The average Bonchev–Trinajstić information content (AvgIpc) is 2.18. The van der Waals surface area contributed by atoms with Crippen LogP contribution in [0.5, 0.6) is 0 Å². The Kier molecular flexibility index (Phi) is 7.36. The monoisotopic (exact) mass is 297 g/mol. The van der Waals surface area contributed by atoms with Crippen molar-refractivity contribution in [2.45, 2.75) is 13.0 Å². The summed E-state index contributed by atoms with van der Waals surface area (Å²) in [5.74, 6) is -1.05. The Balaban J connectivity index is 3.94. The first-order chi connectivity index (χ1) is 8.22. The van der Waals surface area contributed by atoms with E-state index in [0.29, 0.717) is 5.75 Å². The number of thioether (sulfide) groups is 1. The summed E-state index contributed by atoms with van der Waals surface area (Å²) in [4.78, 5) is 23.4. The molecule has 0 aliphatic carbocycles. The second-order valence-corrected chi connectivity index (χ2v) is 6.11. The molecule has 3 N–H and O–H groups in total. The van der Waals surface area contributed by atoms with Gasteiger partial charge in [0.15, 0.2) is 0 Å². The molecule has 0 aromatic heterocycles. The Labute approximate surface area is 109 Å². The topological polar surface area (TPSA) is 125 Å². The van der Waals surface area contributed by atoms with E-state index in [0.717, 1.165) is 6.26 Å². The van der Waals surface area contributed by atoms with E-state index in [4.69, 9.17) is 5.11 Å². The summed E-state index contributed by atoms with van der Waals surface area (Å²) in [6.45, 7) is 1.23. The number of hydrogen-bond acceptors (Lipinski definition) is 6. The van der Waals surface area contributed by atoms with Gasteiger partial charge in [-0.15, -0.1) is 0 Å². The van der Waals surface area contributed by atoms with E-state index >= 15 is 0 Å². The van der Waals surface area contributed by atoms with E-state index in [1.807, 2.05) is 4.83 Å². The fourth-order valence-corrected chi connectivity index (χ4v) is 1.87. The van der Waals surface area contributed by atoms with E-state index in [9.17, 15) is 18.0 Å². The lowest BCUT2D eigenvalue weighted by Gasteiger charge is -2.11. The first kappa shape index (κ1) is 16.7. The van der Waals surface area contributed by atoms with Crippen molar-refractivity contribution in [2.24, 2.45) is 5.10 Å². The number of carboxylic acids is 1. The van der Waals surface area contributed by atoms with Crippen LogP contribution in [0.15, 0.2) is 5.10 Å². The third kappa shape index (κ3) is 9.90. The largest absolute Gasteiger partial charge is 0.480 e. The number of nitrogens with zero attached hydrogens (tertiary/aromatic N) is 1. The number of sulfonamides is 1. The SMILES string of the molecule is CC(=O)N[C@@H](CSC/C=N/NS(C)(=O)=O)C(=O)O. The highest BCUT2D eigenvalue weighted by molar-refractivity contribution is 7.99. The van der Waals surface area contributed by atoms with Crippen LogP contribution in [0.4, 0.5) is 0 Å². The third-order valence-electron chi connectivity index (χ3n) is 1.46. The van der Waals surface area contributed by atoms with Crippen LogP contribution < -0.4 is 10.1 Å². The van der Waals surface area contributed by atoms with Gasteiger partial charge in [0, 0.05) is 24.6 Å². The fraction of sp³-hybridized carbons (Fsp3) is 0.625. The molecule has 0 spiro atoms. The number of carbonyl (C=O) groups excluding carboxylic acids is 1. The first-order valence-electron chi connectivity index (χ1n) is 4.78.